The number of hydrogen-bond acceptors (Lipinski definition) is 2. The van der Waals surface area contributed by atoms with Gasteiger partial charge in [0.25, 0.3) is 0 Å². The van der Waals surface area contributed by atoms with Crippen LogP contribution in [0.5, 0.6) is 5.75 Å². The van der Waals surface area contributed by atoms with Crippen molar-refractivity contribution in [3.8, 4) is 5.75 Å². The fraction of sp³-hybridized carbons (Fsp3) is 0.316. The maximum atomic E-state index is 13.6. The predicted molar refractivity (Wildman–Crippen MR) is 89.2 cm³/mol. The molecule has 0 atom stereocenters. The van der Waals surface area contributed by atoms with Gasteiger partial charge in [0.15, 0.2) is 0 Å². The van der Waals surface area contributed by atoms with E-state index in [0.717, 1.165) is 16.9 Å². The molecule has 2 rings (SSSR count). The maximum absolute atomic E-state index is 13.6. The highest BCUT2D eigenvalue weighted by Crippen LogP contribution is 2.16. The highest BCUT2D eigenvalue weighted by Gasteiger charge is 2.12. The molecule has 0 bridgehead atoms. The molecule has 2 aromatic rings. The fourth-order valence-corrected chi connectivity index (χ4v) is 2.38. The third-order valence-corrected chi connectivity index (χ3v) is 3.62. The smallest absolute Gasteiger partial charge is 0.226 e. The van der Waals surface area contributed by atoms with Crippen molar-refractivity contribution in [1.82, 2.24) is 4.90 Å². The molecule has 0 aliphatic heterocycles. The van der Waals surface area contributed by atoms with Gasteiger partial charge in [-0.05, 0) is 48.7 Å². The third kappa shape index (κ3) is 5.09. The fourth-order valence-electron chi connectivity index (χ4n) is 2.38. The van der Waals surface area contributed by atoms with Gasteiger partial charge in [-0.2, -0.15) is 0 Å². The standard InChI is InChI=1S/C19H22FNO2/c1-14-10-15(2)12-17(11-14)23-9-8-21(3)19(22)13-16-6-4-5-7-18(16)20/h4-7,10-12H,8-9,13H2,1-3H3. The van der Waals surface area contributed by atoms with Crippen LogP contribution in [0.15, 0.2) is 42.5 Å². The van der Waals surface area contributed by atoms with Crippen LogP contribution in [0.4, 0.5) is 4.39 Å². The number of halogens is 1. The van der Waals surface area contributed by atoms with Crippen LogP contribution in [0.25, 0.3) is 0 Å². The maximum Gasteiger partial charge on any atom is 0.226 e. The number of carbonyl (C=O) groups excluding carboxylic acids is 1. The van der Waals surface area contributed by atoms with Crippen LogP contribution in [0.2, 0.25) is 0 Å². The van der Waals surface area contributed by atoms with E-state index in [4.69, 9.17) is 4.74 Å². The summed E-state index contributed by atoms with van der Waals surface area (Å²) in [6, 6.07) is 12.4. The predicted octanol–water partition coefficient (Wildman–Crippen LogP) is 3.52. The highest BCUT2D eigenvalue weighted by atomic mass is 19.1. The monoisotopic (exact) mass is 315 g/mol. The molecule has 0 unspecified atom stereocenters. The first-order valence-electron chi connectivity index (χ1n) is 7.64. The van der Waals surface area contributed by atoms with Gasteiger partial charge in [0.05, 0.1) is 13.0 Å². The molecule has 0 N–H and O–H groups in total. The Morgan fingerprint density at radius 2 is 1.78 bits per heavy atom. The molecule has 4 heteroatoms. The quantitative estimate of drug-likeness (QED) is 0.816. The molecule has 0 aliphatic rings. The molecule has 0 aromatic heterocycles. The Kier molecular flexibility index (Phi) is 5.74. The second-order valence-electron chi connectivity index (χ2n) is 5.76. The van der Waals surface area contributed by atoms with E-state index in [2.05, 4.69) is 6.07 Å². The van der Waals surface area contributed by atoms with Crippen LogP contribution in [-0.2, 0) is 11.2 Å². The molecule has 0 saturated carbocycles. The summed E-state index contributed by atoms with van der Waals surface area (Å²) in [7, 11) is 1.70. The van der Waals surface area contributed by atoms with Crippen molar-refractivity contribution in [1.29, 1.82) is 0 Å². The van der Waals surface area contributed by atoms with Gasteiger partial charge in [0, 0.05) is 7.05 Å². The first kappa shape index (κ1) is 17.0. The number of aryl methyl sites for hydroxylation is 2. The molecule has 122 valence electrons. The van der Waals surface area contributed by atoms with E-state index in [1.807, 2.05) is 26.0 Å². The van der Waals surface area contributed by atoms with Crippen LogP contribution in [0.1, 0.15) is 16.7 Å². The molecule has 1 amide bonds. The van der Waals surface area contributed by atoms with Gasteiger partial charge in [0.2, 0.25) is 5.91 Å². The van der Waals surface area contributed by atoms with E-state index in [1.165, 1.54) is 6.07 Å². The molecule has 0 radical (unpaired) electrons. The number of nitrogens with zero attached hydrogens (tertiary/aromatic N) is 1. The topological polar surface area (TPSA) is 29.5 Å². The molecular formula is C19H22FNO2. The van der Waals surface area contributed by atoms with Gasteiger partial charge < -0.3 is 9.64 Å². The van der Waals surface area contributed by atoms with Crippen LogP contribution in [-0.4, -0.2) is 31.0 Å². The van der Waals surface area contributed by atoms with E-state index in [1.54, 1.807) is 30.1 Å². The van der Waals surface area contributed by atoms with Gasteiger partial charge in [0.1, 0.15) is 18.2 Å². The normalized spacial score (nSPS) is 10.4. The molecule has 23 heavy (non-hydrogen) atoms. The van der Waals surface area contributed by atoms with Crippen molar-refractivity contribution in [3.63, 3.8) is 0 Å². The minimum Gasteiger partial charge on any atom is -0.492 e. The summed E-state index contributed by atoms with van der Waals surface area (Å²) < 4.78 is 19.3. The second-order valence-corrected chi connectivity index (χ2v) is 5.76. The Morgan fingerprint density at radius 1 is 1.13 bits per heavy atom. The SMILES string of the molecule is Cc1cc(C)cc(OCCN(C)C(=O)Cc2ccccc2F)c1. The van der Waals surface area contributed by atoms with Crippen molar-refractivity contribution in [2.45, 2.75) is 20.3 Å². The number of likely N-dealkylation sites (N-methyl/N-ethyl adjacent to an activating group) is 1. The van der Waals surface area contributed by atoms with Crippen LogP contribution in [0, 0.1) is 19.7 Å². The zero-order valence-corrected chi connectivity index (χ0v) is 13.8. The van der Waals surface area contributed by atoms with Gasteiger partial charge in [-0.1, -0.05) is 24.3 Å². The van der Waals surface area contributed by atoms with E-state index >= 15 is 0 Å². The lowest BCUT2D eigenvalue weighted by Gasteiger charge is -2.18. The molecule has 0 heterocycles. The molecule has 0 fully saturated rings. The summed E-state index contributed by atoms with van der Waals surface area (Å²) in [5.74, 6) is 0.331. The third-order valence-electron chi connectivity index (χ3n) is 3.62. The molecule has 3 nitrogen and oxygen atoms in total. The number of carbonyl (C=O) groups is 1. The van der Waals surface area contributed by atoms with Crippen molar-refractivity contribution in [2.75, 3.05) is 20.2 Å². The first-order valence-corrected chi connectivity index (χ1v) is 7.64. The van der Waals surface area contributed by atoms with Crippen LogP contribution in [0.3, 0.4) is 0 Å². The Labute approximate surface area is 136 Å². The zero-order valence-electron chi connectivity index (χ0n) is 13.8. The summed E-state index contributed by atoms with van der Waals surface area (Å²) in [6.45, 7) is 4.90. The van der Waals surface area contributed by atoms with Gasteiger partial charge in [-0.3, -0.25) is 4.79 Å². The zero-order chi connectivity index (χ0) is 16.8. The summed E-state index contributed by atoms with van der Waals surface area (Å²) in [4.78, 5) is 13.7. The first-order chi connectivity index (χ1) is 11.0. The van der Waals surface area contributed by atoms with Crippen LogP contribution < -0.4 is 4.74 Å². The van der Waals surface area contributed by atoms with E-state index in [0.29, 0.717) is 18.7 Å². The Balaban J connectivity index is 1.83. The van der Waals surface area contributed by atoms with Crippen LogP contribution >= 0.6 is 0 Å². The average Bonchev–Trinajstić information content (AvgIpc) is 2.48. The largest absolute Gasteiger partial charge is 0.492 e. The number of benzene rings is 2. The van der Waals surface area contributed by atoms with Crippen molar-refractivity contribution >= 4 is 5.91 Å². The van der Waals surface area contributed by atoms with E-state index in [9.17, 15) is 9.18 Å². The average molecular weight is 315 g/mol. The van der Waals surface area contributed by atoms with Crippen molar-refractivity contribution in [2.24, 2.45) is 0 Å². The lowest BCUT2D eigenvalue weighted by atomic mass is 10.1. The Hall–Kier alpha value is -2.36. The molecule has 0 aliphatic carbocycles. The minimum atomic E-state index is -0.347. The summed E-state index contributed by atoms with van der Waals surface area (Å²) in [5, 5.41) is 0. The Bertz CT molecular complexity index is 665. The second kappa shape index (κ2) is 7.77. The molecule has 0 spiro atoms. The van der Waals surface area contributed by atoms with Gasteiger partial charge in [-0.15, -0.1) is 0 Å². The van der Waals surface area contributed by atoms with Crippen molar-refractivity contribution < 1.29 is 13.9 Å². The molecule has 0 saturated heterocycles. The number of hydrogen-bond donors (Lipinski definition) is 0. The van der Waals surface area contributed by atoms with E-state index in [-0.39, 0.29) is 18.1 Å². The lowest BCUT2D eigenvalue weighted by molar-refractivity contribution is -0.129. The Morgan fingerprint density at radius 3 is 2.43 bits per heavy atom. The van der Waals surface area contributed by atoms with Gasteiger partial charge in [-0.25, -0.2) is 4.39 Å². The number of rotatable bonds is 6. The lowest BCUT2D eigenvalue weighted by Crippen LogP contribution is -2.32. The number of ether oxygens (including phenoxy) is 1. The molecular weight excluding hydrogens is 293 g/mol. The molecule has 2 aromatic carbocycles. The van der Waals surface area contributed by atoms with Crippen molar-refractivity contribution in [3.05, 3.63) is 65.0 Å². The minimum absolute atomic E-state index is 0.0622. The summed E-state index contributed by atoms with van der Waals surface area (Å²) in [6.07, 6.45) is 0.0622. The summed E-state index contributed by atoms with van der Waals surface area (Å²) >= 11 is 0. The van der Waals surface area contributed by atoms with Gasteiger partial charge >= 0.3 is 0 Å². The summed E-state index contributed by atoms with van der Waals surface area (Å²) in [5.41, 5.74) is 2.70. The van der Waals surface area contributed by atoms with E-state index < -0.39 is 0 Å². The highest BCUT2D eigenvalue weighted by molar-refractivity contribution is 5.78. The number of amides is 1.